The monoisotopic (exact) mass is 568 g/mol. The number of imidazole rings is 1. The summed E-state index contributed by atoms with van der Waals surface area (Å²) < 4.78 is 19.0. The Hall–Kier alpha value is -5.17. The molecule has 1 aliphatic rings. The van der Waals surface area contributed by atoms with Crippen LogP contribution in [-0.2, 0) is 6.54 Å². The number of benzene rings is 4. The minimum absolute atomic E-state index is 0.222. The van der Waals surface area contributed by atoms with Crippen LogP contribution < -0.4 is 9.47 Å². The Bertz CT molecular complexity index is 1830. The summed E-state index contributed by atoms with van der Waals surface area (Å²) in [6, 6.07) is 34.9. The van der Waals surface area contributed by atoms with Gasteiger partial charge in [-0.05, 0) is 36.8 Å². The van der Waals surface area contributed by atoms with E-state index < -0.39 is 0 Å². The third-order valence-electron chi connectivity index (χ3n) is 7.74. The zero-order valence-corrected chi connectivity index (χ0v) is 24.1. The fraction of sp³-hybridized carbons (Fsp3) is 0.194. The molecule has 0 unspecified atom stereocenters. The van der Waals surface area contributed by atoms with Gasteiger partial charge in [-0.1, -0.05) is 104 Å². The van der Waals surface area contributed by atoms with Crippen molar-refractivity contribution in [1.29, 1.82) is 0 Å². The average Bonchev–Trinajstić information content (AvgIpc) is 3.83. The van der Waals surface area contributed by atoms with Gasteiger partial charge in [0.1, 0.15) is 5.82 Å². The van der Waals surface area contributed by atoms with Gasteiger partial charge in [0.25, 0.3) is 5.89 Å². The van der Waals surface area contributed by atoms with Crippen LogP contribution in [-0.4, -0.2) is 26.5 Å². The van der Waals surface area contributed by atoms with Crippen molar-refractivity contribution < 1.29 is 14.0 Å². The topological polar surface area (TPSA) is 75.2 Å². The quantitative estimate of drug-likeness (QED) is 0.154. The average molecular weight is 569 g/mol. The lowest BCUT2D eigenvalue weighted by Gasteiger charge is -2.14. The summed E-state index contributed by atoms with van der Waals surface area (Å²) in [6.45, 7) is 3.36. The minimum atomic E-state index is 0.222. The standard InChI is InChI=1S/C36H32N4O3/c1-2-3-4-11-22-40-33(26-14-9-6-10-15-26)32(25-12-7-5-8-13-25)37-35(40)27-16-18-28(19-17-27)36-38-34(39-43-36)29-20-21-30-31(23-29)42-24-41-30/h5-10,12-21,23H,2-4,11,22,24H2,1H3. The van der Waals surface area contributed by atoms with Gasteiger partial charge in [0.2, 0.25) is 12.6 Å². The van der Waals surface area contributed by atoms with Gasteiger partial charge in [0.05, 0.1) is 11.4 Å². The first-order valence-corrected chi connectivity index (χ1v) is 14.8. The molecule has 4 aromatic carbocycles. The highest BCUT2D eigenvalue weighted by Crippen LogP contribution is 2.38. The van der Waals surface area contributed by atoms with Crippen LogP contribution in [0.25, 0.3) is 56.7 Å². The normalized spacial score (nSPS) is 12.1. The molecule has 7 nitrogen and oxygen atoms in total. The van der Waals surface area contributed by atoms with E-state index in [4.69, 9.17) is 19.0 Å². The van der Waals surface area contributed by atoms with Crippen LogP contribution >= 0.6 is 0 Å². The summed E-state index contributed by atoms with van der Waals surface area (Å²) in [5, 5.41) is 4.21. The van der Waals surface area contributed by atoms with Gasteiger partial charge in [-0.3, -0.25) is 0 Å². The van der Waals surface area contributed by atoms with Crippen LogP contribution in [0.1, 0.15) is 32.6 Å². The van der Waals surface area contributed by atoms with E-state index in [0.29, 0.717) is 17.5 Å². The predicted molar refractivity (Wildman–Crippen MR) is 168 cm³/mol. The Kier molecular flexibility index (Phi) is 7.44. The molecule has 0 radical (unpaired) electrons. The van der Waals surface area contributed by atoms with Crippen LogP contribution in [0.4, 0.5) is 0 Å². The Labute approximate surface area is 250 Å². The number of hydrogen-bond acceptors (Lipinski definition) is 6. The van der Waals surface area contributed by atoms with Gasteiger partial charge in [-0.25, -0.2) is 4.98 Å². The molecule has 0 aliphatic carbocycles. The van der Waals surface area contributed by atoms with E-state index in [9.17, 15) is 0 Å². The molecule has 0 fully saturated rings. The molecular weight excluding hydrogens is 536 g/mol. The number of fused-ring (bicyclic) bond motifs is 1. The molecule has 0 saturated carbocycles. The second-order valence-corrected chi connectivity index (χ2v) is 10.6. The first-order chi connectivity index (χ1) is 21.3. The van der Waals surface area contributed by atoms with Crippen molar-refractivity contribution in [2.75, 3.05) is 6.79 Å². The lowest BCUT2D eigenvalue weighted by Crippen LogP contribution is -2.03. The molecule has 7 rings (SSSR count). The molecule has 43 heavy (non-hydrogen) atoms. The van der Waals surface area contributed by atoms with Crippen molar-refractivity contribution in [2.24, 2.45) is 0 Å². The van der Waals surface area contributed by atoms with Crippen LogP contribution in [0.5, 0.6) is 11.5 Å². The molecule has 0 saturated heterocycles. The van der Waals surface area contributed by atoms with Gasteiger partial charge in [-0.15, -0.1) is 0 Å². The first-order valence-electron chi connectivity index (χ1n) is 14.8. The van der Waals surface area contributed by atoms with Gasteiger partial charge < -0.3 is 18.6 Å². The Balaban J connectivity index is 1.25. The maximum atomic E-state index is 5.65. The first kappa shape index (κ1) is 26.7. The van der Waals surface area contributed by atoms with E-state index in [1.54, 1.807) is 0 Å². The van der Waals surface area contributed by atoms with E-state index in [1.165, 1.54) is 19.3 Å². The van der Waals surface area contributed by atoms with Crippen molar-refractivity contribution in [1.82, 2.24) is 19.7 Å². The van der Waals surface area contributed by atoms with Crippen LogP contribution in [0.3, 0.4) is 0 Å². The SMILES string of the molecule is CCCCCCn1c(-c2ccc(-c3nc(-c4ccc5c(c4)OCO5)no3)cc2)nc(-c2ccccc2)c1-c1ccccc1. The maximum absolute atomic E-state index is 5.65. The fourth-order valence-electron chi connectivity index (χ4n) is 5.53. The van der Waals surface area contributed by atoms with Gasteiger partial charge in [0, 0.05) is 34.4 Å². The summed E-state index contributed by atoms with van der Waals surface area (Å²) in [6.07, 6.45) is 4.70. The highest BCUT2D eigenvalue weighted by Gasteiger charge is 2.22. The third kappa shape index (κ3) is 5.42. The maximum Gasteiger partial charge on any atom is 0.258 e. The summed E-state index contributed by atoms with van der Waals surface area (Å²) >= 11 is 0. The molecule has 214 valence electrons. The van der Waals surface area contributed by atoms with Crippen molar-refractivity contribution >= 4 is 0 Å². The second kappa shape index (κ2) is 12.0. The summed E-state index contributed by atoms with van der Waals surface area (Å²) in [5.74, 6) is 3.31. The molecule has 2 aromatic heterocycles. The van der Waals surface area contributed by atoms with Gasteiger partial charge in [-0.2, -0.15) is 4.98 Å². The summed E-state index contributed by atoms with van der Waals surface area (Å²) in [5.41, 5.74) is 7.09. The molecule has 0 N–H and O–H groups in total. The van der Waals surface area contributed by atoms with Crippen LogP contribution in [0.15, 0.2) is 108 Å². The molecule has 3 heterocycles. The van der Waals surface area contributed by atoms with Crippen LogP contribution in [0, 0.1) is 0 Å². The Morgan fingerprint density at radius 3 is 2.12 bits per heavy atom. The molecule has 0 amide bonds. The number of aromatic nitrogens is 4. The molecule has 0 bridgehead atoms. The highest BCUT2D eigenvalue weighted by molar-refractivity contribution is 5.82. The molecule has 0 atom stereocenters. The summed E-state index contributed by atoms with van der Waals surface area (Å²) in [7, 11) is 0. The third-order valence-corrected chi connectivity index (χ3v) is 7.74. The van der Waals surface area contributed by atoms with E-state index in [2.05, 4.69) is 88.4 Å². The second-order valence-electron chi connectivity index (χ2n) is 10.6. The van der Waals surface area contributed by atoms with Crippen molar-refractivity contribution in [2.45, 2.75) is 39.2 Å². The fourth-order valence-corrected chi connectivity index (χ4v) is 5.53. The molecule has 7 heteroatoms. The van der Waals surface area contributed by atoms with E-state index in [1.807, 2.05) is 36.4 Å². The number of rotatable bonds is 10. The smallest absolute Gasteiger partial charge is 0.258 e. The zero-order chi connectivity index (χ0) is 29.0. The molecule has 1 aliphatic heterocycles. The summed E-state index contributed by atoms with van der Waals surface area (Å²) in [4.78, 5) is 9.95. The molecule has 0 spiro atoms. The molecule has 6 aromatic rings. The minimum Gasteiger partial charge on any atom is -0.454 e. The number of unbranched alkanes of at least 4 members (excludes halogenated alkanes) is 3. The largest absolute Gasteiger partial charge is 0.454 e. The Morgan fingerprint density at radius 2 is 1.35 bits per heavy atom. The van der Waals surface area contributed by atoms with Gasteiger partial charge in [0.15, 0.2) is 11.5 Å². The molecular formula is C36H32N4O3. The van der Waals surface area contributed by atoms with Crippen molar-refractivity contribution in [3.63, 3.8) is 0 Å². The van der Waals surface area contributed by atoms with E-state index in [-0.39, 0.29) is 6.79 Å². The van der Waals surface area contributed by atoms with Gasteiger partial charge >= 0.3 is 0 Å². The number of ether oxygens (including phenoxy) is 2. The lowest BCUT2D eigenvalue weighted by atomic mass is 10.0. The highest BCUT2D eigenvalue weighted by atomic mass is 16.7. The van der Waals surface area contributed by atoms with E-state index in [0.717, 1.165) is 63.7 Å². The number of hydrogen-bond donors (Lipinski definition) is 0. The zero-order valence-electron chi connectivity index (χ0n) is 24.1. The van der Waals surface area contributed by atoms with Crippen molar-refractivity contribution in [3.8, 4) is 68.2 Å². The van der Waals surface area contributed by atoms with Crippen LogP contribution in [0.2, 0.25) is 0 Å². The Morgan fingerprint density at radius 1 is 0.651 bits per heavy atom. The van der Waals surface area contributed by atoms with Crippen molar-refractivity contribution in [3.05, 3.63) is 103 Å². The van der Waals surface area contributed by atoms with E-state index >= 15 is 0 Å². The lowest BCUT2D eigenvalue weighted by molar-refractivity contribution is 0.174. The predicted octanol–water partition coefficient (Wildman–Crippen LogP) is 8.91. The number of nitrogens with zero attached hydrogens (tertiary/aromatic N) is 4.